The summed E-state index contributed by atoms with van der Waals surface area (Å²) in [5, 5.41) is 4.78. The van der Waals surface area contributed by atoms with Crippen molar-refractivity contribution in [3.63, 3.8) is 0 Å². The standard InChI is InChI=1S/C17H23NO2/c1-10-7-11(2)16-14(9-19-4)15(8-18-13-5-6-13)20-17(16)12(10)3/h7,13,18H,5-6,8-9H2,1-4H3. The van der Waals surface area contributed by atoms with E-state index in [0.717, 1.165) is 17.9 Å². The lowest BCUT2D eigenvalue weighted by Crippen LogP contribution is -2.15. The second-order valence-electron chi connectivity index (χ2n) is 5.93. The Hall–Kier alpha value is -1.32. The molecule has 0 bridgehead atoms. The molecule has 0 radical (unpaired) electrons. The summed E-state index contributed by atoms with van der Waals surface area (Å²) in [4.78, 5) is 0. The van der Waals surface area contributed by atoms with E-state index in [4.69, 9.17) is 9.15 Å². The van der Waals surface area contributed by atoms with Gasteiger partial charge < -0.3 is 14.5 Å². The van der Waals surface area contributed by atoms with E-state index < -0.39 is 0 Å². The summed E-state index contributed by atoms with van der Waals surface area (Å²) in [5.41, 5.74) is 6.03. The minimum Gasteiger partial charge on any atom is -0.459 e. The first-order valence-corrected chi connectivity index (χ1v) is 7.35. The van der Waals surface area contributed by atoms with Crippen molar-refractivity contribution >= 4 is 11.0 Å². The van der Waals surface area contributed by atoms with E-state index in [1.165, 1.54) is 40.5 Å². The molecule has 0 amide bonds. The number of fused-ring (bicyclic) bond motifs is 1. The molecule has 1 N–H and O–H groups in total. The van der Waals surface area contributed by atoms with Gasteiger partial charge in [-0.2, -0.15) is 0 Å². The smallest absolute Gasteiger partial charge is 0.138 e. The predicted molar refractivity (Wildman–Crippen MR) is 81.0 cm³/mol. The molecule has 1 aliphatic rings. The Kier molecular flexibility index (Phi) is 3.57. The van der Waals surface area contributed by atoms with Gasteiger partial charge in [0.05, 0.1) is 13.2 Å². The SMILES string of the molecule is COCc1c(CNC2CC2)oc2c(C)c(C)cc(C)c12. The molecule has 20 heavy (non-hydrogen) atoms. The molecule has 0 aliphatic heterocycles. The van der Waals surface area contributed by atoms with Crippen molar-refractivity contribution in [1.82, 2.24) is 5.32 Å². The summed E-state index contributed by atoms with van der Waals surface area (Å²) in [5.74, 6) is 1.03. The molecule has 2 aromatic rings. The molecular formula is C17H23NO2. The lowest BCUT2D eigenvalue weighted by Gasteiger charge is -2.06. The van der Waals surface area contributed by atoms with Crippen molar-refractivity contribution in [1.29, 1.82) is 0 Å². The van der Waals surface area contributed by atoms with Crippen LogP contribution in [0, 0.1) is 20.8 Å². The molecule has 0 unspecified atom stereocenters. The van der Waals surface area contributed by atoms with Gasteiger partial charge in [-0.15, -0.1) is 0 Å². The van der Waals surface area contributed by atoms with Gasteiger partial charge in [-0.1, -0.05) is 6.07 Å². The Bertz CT molecular complexity index is 638. The molecule has 108 valence electrons. The summed E-state index contributed by atoms with van der Waals surface area (Å²) >= 11 is 0. The average molecular weight is 273 g/mol. The lowest BCUT2D eigenvalue weighted by atomic mass is 9.99. The van der Waals surface area contributed by atoms with Crippen LogP contribution in [-0.2, 0) is 17.9 Å². The fourth-order valence-corrected chi connectivity index (χ4v) is 2.84. The zero-order chi connectivity index (χ0) is 14.3. The molecule has 0 atom stereocenters. The molecule has 3 nitrogen and oxygen atoms in total. The van der Waals surface area contributed by atoms with Crippen molar-refractivity contribution in [3.05, 3.63) is 34.1 Å². The van der Waals surface area contributed by atoms with Crippen LogP contribution in [0.1, 0.15) is 40.9 Å². The number of benzene rings is 1. The first kappa shape index (κ1) is 13.7. The minimum atomic E-state index is 0.609. The summed E-state index contributed by atoms with van der Waals surface area (Å²) in [6.07, 6.45) is 2.58. The maximum atomic E-state index is 6.18. The molecule has 1 fully saturated rings. The van der Waals surface area contributed by atoms with Gasteiger partial charge in [0, 0.05) is 24.1 Å². The zero-order valence-electron chi connectivity index (χ0n) is 12.8. The van der Waals surface area contributed by atoms with Crippen LogP contribution in [-0.4, -0.2) is 13.2 Å². The number of furan rings is 1. The van der Waals surface area contributed by atoms with Gasteiger partial charge in [-0.05, 0) is 50.3 Å². The van der Waals surface area contributed by atoms with Crippen molar-refractivity contribution in [2.75, 3.05) is 7.11 Å². The molecule has 1 aromatic carbocycles. The second-order valence-corrected chi connectivity index (χ2v) is 5.93. The van der Waals surface area contributed by atoms with Gasteiger partial charge in [0.15, 0.2) is 0 Å². The number of hydrogen-bond donors (Lipinski definition) is 1. The van der Waals surface area contributed by atoms with Gasteiger partial charge >= 0.3 is 0 Å². The normalized spacial score (nSPS) is 15.2. The Morgan fingerprint density at radius 2 is 2.00 bits per heavy atom. The van der Waals surface area contributed by atoms with Crippen LogP contribution in [0.15, 0.2) is 10.5 Å². The largest absolute Gasteiger partial charge is 0.459 e. The number of hydrogen-bond acceptors (Lipinski definition) is 3. The topological polar surface area (TPSA) is 34.4 Å². The fourth-order valence-electron chi connectivity index (χ4n) is 2.84. The number of rotatable bonds is 5. The average Bonchev–Trinajstić information content (AvgIpc) is 3.16. The van der Waals surface area contributed by atoms with Crippen molar-refractivity contribution in [2.24, 2.45) is 0 Å². The quantitative estimate of drug-likeness (QED) is 0.900. The van der Waals surface area contributed by atoms with E-state index in [9.17, 15) is 0 Å². The number of ether oxygens (including phenoxy) is 1. The van der Waals surface area contributed by atoms with Crippen molar-refractivity contribution in [2.45, 2.75) is 52.8 Å². The van der Waals surface area contributed by atoms with Gasteiger partial charge in [-0.3, -0.25) is 0 Å². The fraction of sp³-hybridized carbons (Fsp3) is 0.529. The Labute approximate surface area is 120 Å². The summed E-state index contributed by atoms with van der Waals surface area (Å²) in [6.45, 7) is 7.84. The van der Waals surface area contributed by atoms with E-state index in [1.807, 2.05) is 0 Å². The summed E-state index contributed by atoms with van der Waals surface area (Å²) in [7, 11) is 1.74. The van der Waals surface area contributed by atoms with Gasteiger partial charge in [0.25, 0.3) is 0 Å². The third-order valence-electron chi connectivity index (χ3n) is 4.27. The van der Waals surface area contributed by atoms with Gasteiger partial charge in [0.2, 0.25) is 0 Å². The minimum absolute atomic E-state index is 0.609. The number of methoxy groups -OCH3 is 1. The third kappa shape index (κ3) is 2.36. The van der Waals surface area contributed by atoms with Crippen LogP contribution in [0.25, 0.3) is 11.0 Å². The van der Waals surface area contributed by atoms with Crippen molar-refractivity contribution in [3.8, 4) is 0 Å². The molecule has 0 spiro atoms. The highest BCUT2D eigenvalue weighted by atomic mass is 16.5. The molecule has 1 aliphatic carbocycles. The van der Waals surface area contributed by atoms with Gasteiger partial charge in [0.1, 0.15) is 11.3 Å². The highest BCUT2D eigenvalue weighted by Crippen LogP contribution is 2.34. The molecule has 3 heteroatoms. The first-order valence-electron chi connectivity index (χ1n) is 7.35. The van der Waals surface area contributed by atoms with E-state index in [0.29, 0.717) is 12.6 Å². The van der Waals surface area contributed by atoms with E-state index >= 15 is 0 Å². The van der Waals surface area contributed by atoms with Crippen LogP contribution in [0.2, 0.25) is 0 Å². The van der Waals surface area contributed by atoms with Crippen LogP contribution in [0.4, 0.5) is 0 Å². The van der Waals surface area contributed by atoms with E-state index in [-0.39, 0.29) is 0 Å². The molecular weight excluding hydrogens is 250 g/mol. The second kappa shape index (κ2) is 5.23. The highest BCUT2D eigenvalue weighted by molar-refractivity contribution is 5.89. The molecule has 0 saturated heterocycles. The van der Waals surface area contributed by atoms with E-state index in [1.54, 1.807) is 7.11 Å². The zero-order valence-corrected chi connectivity index (χ0v) is 12.8. The Morgan fingerprint density at radius 1 is 1.25 bits per heavy atom. The monoisotopic (exact) mass is 273 g/mol. The number of nitrogens with one attached hydrogen (secondary N) is 1. The maximum Gasteiger partial charge on any atom is 0.138 e. The van der Waals surface area contributed by atoms with Crippen LogP contribution in [0.5, 0.6) is 0 Å². The lowest BCUT2D eigenvalue weighted by molar-refractivity contribution is 0.183. The highest BCUT2D eigenvalue weighted by Gasteiger charge is 2.23. The van der Waals surface area contributed by atoms with Crippen molar-refractivity contribution < 1.29 is 9.15 Å². The van der Waals surface area contributed by atoms with Gasteiger partial charge in [-0.25, -0.2) is 0 Å². The van der Waals surface area contributed by atoms with E-state index in [2.05, 4.69) is 32.2 Å². The Morgan fingerprint density at radius 3 is 2.65 bits per heavy atom. The third-order valence-corrected chi connectivity index (χ3v) is 4.27. The number of aryl methyl sites for hydroxylation is 3. The molecule has 1 saturated carbocycles. The van der Waals surface area contributed by atoms with Crippen LogP contribution >= 0.6 is 0 Å². The van der Waals surface area contributed by atoms with Crippen LogP contribution in [0.3, 0.4) is 0 Å². The summed E-state index contributed by atoms with van der Waals surface area (Å²) in [6, 6.07) is 2.92. The molecule has 1 heterocycles. The summed E-state index contributed by atoms with van der Waals surface area (Å²) < 4.78 is 11.6. The Balaban J connectivity index is 2.09. The first-order chi connectivity index (χ1) is 9.61. The molecule has 3 rings (SSSR count). The predicted octanol–water partition coefficient (Wildman–Crippen LogP) is 3.76. The molecule has 1 aromatic heterocycles. The maximum absolute atomic E-state index is 6.18. The van der Waals surface area contributed by atoms with Crippen LogP contribution < -0.4 is 5.32 Å².